The summed E-state index contributed by atoms with van der Waals surface area (Å²) < 4.78 is 7.66. The minimum Gasteiger partial charge on any atom is -0.490 e. The van der Waals surface area contributed by atoms with Crippen molar-refractivity contribution < 1.29 is 4.74 Å². The molecule has 92 valence electrons. The first-order chi connectivity index (χ1) is 7.67. The summed E-state index contributed by atoms with van der Waals surface area (Å²) in [6.07, 6.45) is 4.85. The first kappa shape index (κ1) is 13.6. The Morgan fingerprint density at radius 2 is 2.25 bits per heavy atom. The summed E-state index contributed by atoms with van der Waals surface area (Å²) in [6.45, 7) is 8.28. The lowest BCUT2D eigenvalue weighted by atomic mass is 9.99. The van der Waals surface area contributed by atoms with Crippen molar-refractivity contribution in [3.8, 4) is 5.75 Å². The molecule has 1 rings (SSSR count). The molecule has 0 amide bonds. The van der Waals surface area contributed by atoms with Crippen LogP contribution >= 0.6 is 15.9 Å². The molecule has 4 heteroatoms. The number of ether oxygens (including phenoxy) is 1. The number of aromatic nitrogens is 2. The van der Waals surface area contributed by atoms with Crippen LogP contribution in [0.3, 0.4) is 0 Å². The van der Waals surface area contributed by atoms with Crippen LogP contribution in [-0.2, 0) is 6.54 Å². The van der Waals surface area contributed by atoms with Gasteiger partial charge < -0.3 is 4.74 Å². The SMILES string of the molecule is CCCn1cc(OCC(CBr)C(C)C)cn1. The van der Waals surface area contributed by atoms with Gasteiger partial charge in [0, 0.05) is 17.8 Å². The van der Waals surface area contributed by atoms with Crippen molar-refractivity contribution in [2.45, 2.75) is 33.7 Å². The van der Waals surface area contributed by atoms with Gasteiger partial charge in [0.1, 0.15) is 0 Å². The fourth-order valence-electron chi connectivity index (χ4n) is 1.39. The van der Waals surface area contributed by atoms with E-state index in [9.17, 15) is 0 Å². The zero-order valence-electron chi connectivity index (χ0n) is 10.3. The molecule has 0 aliphatic rings. The van der Waals surface area contributed by atoms with Gasteiger partial charge in [0.2, 0.25) is 0 Å². The van der Waals surface area contributed by atoms with Gasteiger partial charge in [-0.1, -0.05) is 36.7 Å². The van der Waals surface area contributed by atoms with E-state index in [0.29, 0.717) is 11.8 Å². The third kappa shape index (κ3) is 4.16. The van der Waals surface area contributed by atoms with E-state index in [1.807, 2.05) is 10.9 Å². The van der Waals surface area contributed by atoms with Gasteiger partial charge in [-0.2, -0.15) is 5.10 Å². The fourth-order valence-corrected chi connectivity index (χ4v) is 2.32. The van der Waals surface area contributed by atoms with Gasteiger partial charge in [0.05, 0.1) is 19.0 Å². The first-order valence-corrected chi connectivity index (χ1v) is 7.00. The lowest BCUT2D eigenvalue weighted by molar-refractivity contribution is 0.227. The molecular weight excluding hydrogens is 268 g/mol. The highest BCUT2D eigenvalue weighted by molar-refractivity contribution is 9.09. The van der Waals surface area contributed by atoms with Crippen molar-refractivity contribution in [3.05, 3.63) is 12.4 Å². The minimum atomic E-state index is 0.550. The average Bonchev–Trinajstić information content (AvgIpc) is 2.67. The second-order valence-electron chi connectivity index (χ2n) is 4.41. The zero-order chi connectivity index (χ0) is 12.0. The number of nitrogens with zero attached hydrogens (tertiary/aromatic N) is 2. The molecule has 1 atom stereocenters. The Kier molecular flexibility index (Phi) is 5.88. The molecule has 0 aromatic carbocycles. The topological polar surface area (TPSA) is 27.1 Å². The normalized spacial score (nSPS) is 13.1. The molecule has 1 aromatic heterocycles. The quantitative estimate of drug-likeness (QED) is 0.720. The summed E-state index contributed by atoms with van der Waals surface area (Å²) in [5.74, 6) is 2.06. The summed E-state index contributed by atoms with van der Waals surface area (Å²) >= 11 is 3.52. The predicted octanol–water partition coefficient (Wildman–Crippen LogP) is 3.34. The number of hydrogen-bond acceptors (Lipinski definition) is 2. The van der Waals surface area contributed by atoms with E-state index in [1.165, 1.54) is 0 Å². The first-order valence-electron chi connectivity index (χ1n) is 5.88. The van der Waals surface area contributed by atoms with Crippen LogP contribution in [0.2, 0.25) is 0 Å². The Morgan fingerprint density at radius 1 is 1.50 bits per heavy atom. The maximum atomic E-state index is 5.73. The number of aryl methyl sites for hydroxylation is 1. The van der Waals surface area contributed by atoms with Crippen LogP contribution in [0.1, 0.15) is 27.2 Å². The van der Waals surface area contributed by atoms with E-state index < -0.39 is 0 Å². The Labute approximate surface area is 106 Å². The van der Waals surface area contributed by atoms with Crippen LogP contribution in [0.15, 0.2) is 12.4 Å². The molecule has 1 unspecified atom stereocenters. The number of halogens is 1. The summed E-state index contributed by atoms with van der Waals surface area (Å²) in [6, 6.07) is 0. The van der Waals surface area contributed by atoms with Crippen LogP contribution in [0.4, 0.5) is 0 Å². The van der Waals surface area contributed by atoms with E-state index in [1.54, 1.807) is 6.20 Å². The number of alkyl halides is 1. The number of hydrogen-bond donors (Lipinski definition) is 0. The molecule has 0 bridgehead atoms. The molecular formula is C12H21BrN2O. The lowest BCUT2D eigenvalue weighted by Gasteiger charge is -2.17. The summed E-state index contributed by atoms with van der Waals surface area (Å²) in [5.41, 5.74) is 0. The molecule has 0 spiro atoms. The monoisotopic (exact) mass is 288 g/mol. The van der Waals surface area contributed by atoms with E-state index in [-0.39, 0.29) is 0 Å². The van der Waals surface area contributed by atoms with Gasteiger partial charge in [0.15, 0.2) is 5.75 Å². The molecule has 0 radical (unpaired) electrons. The summed E-state index contributed by atoms with van der Waals surface area (Å²) in [5, 5.41) is 5.21. The molecule has 1 heterocycles. The Balaban J connectivity index is 2.41. The van der Waals surface area contributed by atoms with Gasteiger partial charge in [-0.25, -0.2) is 0 Å². The van der Waals surface area contributed by atoms with Crippen molar-refractivity contribution in [1.82, 2.24) is 9.78 Å². The smallest absolute Gasteiger partial charge is 0.157 e. The standard InChI is InChI=1S/C12H21BrN2O/c1-4-5-15-8-12(7-14-15)16-9-11(6-13)10(2)3/h7-8,10-11H,4-6,9H2,1-3H3. The molecule has 0 aliphatic heterocycles. The highest BCUT2D eigenvalue weighted by Gasteiger charge is 2.13. The third-order valence-corrected chi connectivity index (χ3v) is 3.50. The molecule has 16 heavy (non-hydrogen) atoms. The van der Waals surface area contributed by atoms with E-state index in [0.717, 1.165) is 30.7 Å². The fraction of sp³-hybridized carbons (Fsp3) is 0.750. The van der Waals surface area contributed by atoms with Crippen molar-refractivity contribution in [2.75, 3.05) is 11.9 Å². The van der Waals surface area contributed by atoms with Crippen LogP contribution in [0.5, 0.6) is 5.75 Å². The molecule has 1 aromatic rings. The molecule has 3 nitrogen and oxygen atoms in total. The van der Waals surface area contributed by atoms with E-state index >= 15 is 0 Å². The van der Waals surface area contributed by atoms with Gasteiger partial charge in [-0.15, -0.1) is 0 Å². The van der Waals surface area contributed by atoms with Crippen molar-refractivity contribution in [3.63, 3.8) is 0 Å². The molecule has 0 aliphatic carbocycles. The van der Waals surface area contributed by atoms with Crippen LogP contribution in [-0.4, -0.2) is 21.7 Å². The zero-order valence-corrected chi connectivity index (χ0v) is 11.9. The van der Waals surface area contributed by atoms with Crippen LogP contribution in [0, 0.1) is 11.8 Å². The minimum absolute atomic E-state index is 0.550. The van der Waals surface area contributed by atoms with Gasteiger partial charge in [0.25, 0.3) is 0 Å². The highest BCUT2D eigenvalue weighted by atomic mass is 79.9. The molecule has 0 fully saturated rings. The van der Waals surface area contributed by atoms with Crippen molar-refractivity contribution in [2.24, 2.45) is 11.8 Å². The van der Waals surface area contributed by atoms with E-state index in [2.05, 4.69) is 41.8 Å². The summed E-state index contributed by atoms with van der Waals surface area (Å²) in [7, 11) is 0. The van der Waals surface area contributed by atoms with Gasteiger partial charge >= 0.3 is 0 Å². The third-order valence-electron chi connectivity index (χ3n) is 2.67. The van der Waals surface area contributed by atoms with Crippen LogP contribution < -0.4 is 4.74 Å². The van der Waals surface area contributed by atoms with Crippen molar-refractivity contribution in [1.29, 1.82) is 0 Å². The Hall–Kier alpha value is -0.510. The molecule has 0 N–H and O–H groups in total. The van der Waals surface area contributed by atoms with Crippen LogP contribution in [0.25, 0.3) is 0 Å². The van der Waals surface area contributed by atoms with Gasteiger partial charge in [-0.3, -0.25) is 4.68 Å². The molecule has 0 saturated carbocycles. The maximum absolute atomic E-state index is 5.73. The largest absolute Gasteiger partial charge is 0.490 e. The maximum Gasteiger partial charge on any atom is 0.157 e. The second kappa shape index (κ2) is 6.94. The number of rotatable bonds is 7. The Bertz CT molecular complexity index is 299. The van der Waals surface area contributed by atoms with Gasteiger partial charge in [-0.05, 0) is 12.3 Å². The lowest BCUT2D eigenvalue weighted by Crippen LogP contribution is -2.19. The molecule has 0 saturated heterocycles. The second-order valence-corrected chi connectivity index (χ2v) is 5.06. The Morgan fingerprint density at radius 3 is 2.81 bits per heavy atom. The highest BCUT2D eigenvalue weighted by Crippen LogP contribution is 2.16. The average molecular weight is 289 g/mol. The van der Waals surface area contributed by atoms with Crippen molar-refractivity contribution >= 4 is 15.9 Å². The predicted molar refractivity (Wildman–Crippen MR) is 70.1 cm³/mol. The summed E-state index contributed by atoms with van der Waals surface area (Å²) in [4.78, 5) is 0. The van der Waals surface area contributed by atoms with E-state index in [4.69, 9.17) is 4.74 Å².